The molecule has 0 atom stereocenters. The molecule has 0 saturated carbocycles. The summed E-state index contributed by atoms with van der Waals surface area (Å²) in [6, 6.07) is 15.1. The number of hydrogen-bond acceptors (Lipinski definition) is 3. The number of nitrogens with one attached hydrogen (secondary N) is 1. The van der Waals surface area contributed by atoms with Crippen LogP contribution in [-0.4, -0.2) is 36.9 Å². The summed E-state index contributed by atoms with van der Waals surface area (Å²) in [5.74, 6) is 0.585. The van der Waals surface area contributed by atoms with Crippen LogP contribution in [0.25, 0.3) is 0 Å². The SMILES string of the molecule is COc1ccccc1CN(CCC(=O)NCCc1ccc(Cl)cc1)C(C)=O. The highest BCUT2D eigenvalue weighted by atomic mass is 35.5. The van der Waals surface area contributed by atoms with E-state index in [1.54, 1.807) is 12.0 Å². The number of nitrogens with zero attached hydrogens (tertiary/aromatic N) is 1. The Hall–Kier alpha value is -2.53. The summed E-state index contributed by atoms with van der Waals surface area (Å²) in [6.45, 7) is 2.83. The zero-order valence-corrected chi connectivity index (χ0v) is 16.5. The van der Waals surface area contributed by atoms with Crippen molar-refractivity contribution in [1.82, 2.24) is 10.2 Å². The number of carbonyl (C=O) groups excluding carboxylic acids is 2. The van der Waals surface area contributed by atoms with E-state index in [2.05, 4.69) is 5.32 Å². The van der Waals surface area contributed by atoms with Crippen LogP contribution in [0.5, 0.6) is 5.75 Å². The van der Waals surface area contributed by atoms with Crippen LogP contribution in [0, 0.1) is 0 Å². The first-order valence-electron chi connectivity index (χ1n) is 8.88. The van der Waals surface area contributed by atoms with E-state index in [1.807, 2.05) is 48.5 Å². The van der Waals surface area contributed by atoms with Crippen molar-refractivity contribution in [1.29, 1.82) is 0 Å². The van der Waals surface area contributed by atoms with E-state index >= 15 is 0 Å². The van der Waals surface area contributed by atoms with E-state index in [0.717, 1.165) is 23.3 Å². The maximum atomic E-state index is 12.1. The molecule has 0 aromatic heterocycles. The van der Waals surface area contributed by atoms with Gasteiger partial charge in [0.1, 0.15) is 5.75 Å². The summed E-state index contributed by atoms with van der Waals surface area (Å²) in [5.41, 5.74) is 2.03. The van der Waals surface area contributed by atoms with Crippen LogP contribution in [0.3, 0.4) is 0 Å². The van der Waals surface area contributed by atoms with Crippen LogP contribution < -0.4 is 10.1 Å². The Labute approximate surface area is 165 Å². The Morgan fingerprint density at radius 2 is 1.81 bits per heavy atom. The van der Waals surface area contributed by atoms with Gasteiger partial charge in [0.2, 0.25) is 11.8 Å². The second kappa shape index (κ2) is 10.6. The fourth-order valence-corrected chi connectivity index (χ4v) is 2.84. The van der Waals surface area contributed by atoms with E-state index in [9.17, 15) is 9.59 Å². The lowest BCUT2D eigenvalue weighted by Gasteiger charge is -2.22. The van der Waals surface area contributed by atoms with Gasteiger partial charge in [-0.1, -0.05) is 41.9 Å². The first-order valence-corrected chi connectivity index (χ1v) is 9.26. The summed E-state index contributed by atoms with van der Waals surface area (Å²) in [5, 5.41) is 3.59. The van der Waals surface area contributed by atoms with Gasteiger partial charge in [0.15, 0.2) is 0 Å². The number of para-hydroxylation sites is 1. The van der Waals surface area contributed by atoms with Crippen molar-refractivity contribution in [3.05, 3.63) is 64.7 Å². The first-order chi connectivity index (χ1) is 13.0. The second-order valence-electron chi connectivity index (χ2n) is 6.23. The molecule has 0 aliphatic heterocycles. The Kier molecular flexibility index (Phi) is 8.14. The Morgan fingerprint density at radius 1 is 1.11 bits per heavy atom. The number of methoxy groups -OCH3 is 1. The van der Waals surface area contributed by atoms with Gasteiger partial charge in [0.05, 0.1) is 7.11 Å². The van der Waals surface area contributed by atoms with Crippen molar-refractivity contribution in [2.75, 3.05) is 20.2 Å². The molecule has 0 heterocycles. The van der Waals surface area contributed by atoms with E-state index in [1.165, 1.54) is 6.92 Å². The van der Waals surface area contributed by atoms with E-state index in [-0.39, 0.29) is 18.2 Å². The van der Waals surface area contributed by atoms with Gasteiger partial charge >= 0.3 is 0 Å². The predicted octanol–water partition coefficient (Wildman–Crippen LogP) is 3.45. The van der Waals surface area contributed by atoms with Gasteiger partial charge in [0, 0.05) is 43.6 Å². The van der Waals surface area contributed by atoms with Gasteiger partial charge < -0.3 is 15.0 Å². The quantitative estimate of drug-likeness (QED) is 0.715. The van der Waals surface area contributed by atoms with Gasteiger partial charge in [-0.05, 0) is 30.2 Å². The molecule has 2 aromatic carbocycles. The number of halogens is 1. The zero-order valence-electron chi connectivity index (χ0n) is 15.7. The fourth-order valence-electron chi connectivity index (χ4n) is 2.71. The molecule has 2 aromatic rings. The highest BCUT2D eigenvalue weighted by molar-refractivity contribution is 6.30. The van der Waals surface area contributed by atoms with E-state index < -0.39 is 0 Å². The molecule has 0 fully saturated rings. The van der Waals surface area contributed by atoms with Crippen LogP contribution in [0.4, 0.5) is 0 Å². The average molecular weight is 389 g/mol. The first kappa shape index (κ1) is 20.8. The number of carbonyl (C=O) groups is 2. The Morgan fingerprint density at radius 3 is 2.48 bits per heavy atom. The molecule has 0 radical (unpaired) electrons. The highest BCUT2D eigenvalue weighted by Crippen LogP contribution is 2.19. The highest BCUT2D eigenvalue weighted by Gasteiger charge is 2.14. The summed E-state index contributed by atoms with van der Waals surface area (Å²) >= 11 is 5.86. The monoisotopic (exact) mass is 388 g/mol. The van der Waals surface area contributed by atoms with Gasteiger partial charge in [-0.2, -0.15) is 0 Å². The molecule has 2 amide bonds. The summed E-state index contributed by atoms with van der Waals surface area (Å²) in [6.07, 6.45) is 0.996. The van der Waals surface area contributed by atoms with Crippen LogP contribution in [-0.2, 0) is 22.6 Å². The molecule has 0 unspecified atom stereocenters. The molecular formula is C21H25ClN2O3. The third-order valence-corrected chi connectivity index (χ3v) is 4.51. The van der Waals surface area contributed by atoms with Gasteiger partial charge in [-0.3, -0.25) is 9.59 Å². The molecule has 0 aliphatic carbocycles. The van der Waals surface area contributed by atoms with Crippen molar-refractivity contribution in [3.63, 3.8) is 0 Å². The number of ether oxygens (including phenoxy) is 1. The van der Waals surface area contributed by atoms with Gasteiger partial charge in [-0.25, -0.2) is 0 Å². The third-order valence-electron chi connectivity index (χ3n) is 4.26. The lowest BCUT2D eigenvalue weighted by atomic mass is 10.1. The van der Waals surface area contributed by atoms with Crippen LogP contribution in [0.15, 0.2) is 48.5 Å². The van der Waals surface area contributed by atoms with Crippen molar-refractivity contribution in [2.45, 2.75) is 26.3 Å². The van der Waals surface area contributed by atoms with E-state index in [0.29, 0.717) is 24.7 Å². The van der Waals surface area contributed by atoms with Gasteiger partial charge in [-0.15, -0.1) is 0 Å². The predicted molar refractivity (Wildman–Crippen MR) is 107 cm³/mol. The van der Waals surface area contributed by atoms with Crippen LogP contribution in [0.1, 0.15) is 24.5 Å². The molecule has 1 N–H and O–H groups in total. The molecule has 2 rings (SSSR count). The molecule has 144 valence electrons. The molecule has 0 spiro atoms. The van der Waals surface area contributed by atoms with Crippen molar-refractivity contribution < 1.29 is 14.3 Å². The lowest BCUT2D eigenvalue weighted by Crippen LogP contribution is -2.34. The third kappa shape index (κ3) is 6.94. The van der Waals surface area contributed by atoms with Crippen molar-refractivity contribution >= 4 is 23.4 Å². The molecule has 27 heavy (non-hydrogen) atoms. The number of rotatable bonds is 9. The molecule has 0 aliphatic rings. The summed E-state index contributed by atoms with van der Waals surface area (Å²) in [7, 11) is 1.60. The number of benzene rings is 2. The topological polar surface area (TPSA) is 58.6 Å². The maximum Gasteiger partial charge on any atom is 0.221 e. The molecule has 5 nitrogen and oxygen atoms in total. The number of amides is 2. The molecule has 6 heteroatoms. The van der Waals surface area contributed by atoms with Gasteiger partial charge in [0.25, 0.3) is 0 Å². The molecule has 0 saturated heterocycles. The lowest BCUT2D eigenvalue weighted by molar-refractivity contribution is -0.130. The minimum absolute atomic E-state index is 0.0739. The van der Waals surface area contributed by atoms with Crippen LogP contribution in [0.2, 0.25) is 5.02 Å². The maximum absolute atomic E-state index is 12.1. The van der Waals surface area contributed by atoms with Crippen LogP contribution >= 0.6 is 11.6 Å². The summed E-state index contributed by atoms with van der Waals surface area (Å²) in [4.78, 5) is 25.7. The Balaban J connectivity index is 1.80. The molecule has 0 bridgehead atoms. The van der Waals surface area contributed by atoms with E-state index in [4.69, 9.17) is 16.3 Å². The van der Waals surface area contributed by atoms with Crippen molar-refractivity contribution in [2.24, 2.45) is 0 Å². The summed E-state index contributed by atoms with van der Waals surface area (Å²) < 4.78 is 5.33. The molecular weight excluding hydrogens is 364 g/mol. The minimum atomic E-state index is -0.0742. The second-order valence-corrected chi connectivity index (χ2v) is 6.67. The minimum Gasteiger partial charge on any atom is -0.496 e. The average Bonchev–Trinajstić information content (AvgIpc) is 2.66. The zero-order chi connectivity index (χ0) is 19.6. The fraction of sp³-hybridized carbons (Fsp3) is 0.333. The largest absolute Gasteiger partial charge is 0.496 e. The smallest absolute Gasteiger partial charge is 0.221 e. The standard InChI is InChI=1S/C21H25ClN2O3/c1-16(25)24(15-18-5-3-4-6-20(18)27-2)14-12-21(26)23-13-11-17-7-9-19(22)10-8-17/h3-10H,11-15H2,1-2H3,(H,23,26). The van der Waals surface area contributed by atoms with Crippen molar-refractivity contribution in [3.8, 4) is 5.75 Å². The normalized spacial score (nSPS) is 10.3. The Bertz CT molecular complexity index is 762. The number of hydrogen-bond donors (Lipinski definition) is 1.